The monoisotopic (exact) mass is 252 g/mol. The Hall–Kier alpha value is -1.13. The largest absolute Gasteiger partial charge is 0.492 e. The Labute approximate surface area is 108 Å². The van der Waals surface area contributed by atoms with Crippen LogP contribution in [0.2, 0.25) is 0 Å². The topological polar surface area (TPSA) is 38.5 Å². The van der Waals surface area contributed by atoms with Crippen LogP contribution in [0.15, 0.2) is 18.2 Å². The van der Waals surface area contributed by atoms with E-state index in [1.807, 2.05) is 0 Å². The SMILES string of the molecule is NCc1cc(F)ccc1OCCN1CCCCC1. The lowest BCUT2D eigenvalue weighted by Gasteiger charge is -2.26. The summed E-state index contributed by atoms with van der Waals surface area (Å²) in [4.78, 5) is 2.41. The van der Waals surface area contributed by atoms with Crippen molar-refractivity contribution in [1.82, 2.24) is 4.90 Å². The molecule has 100 valence electrons. The van der Waals surface area contributed by atoms with E-state index in [0.717, 1.165) is 25.2 Å². The molecule has 0 unspecified atom stereocenters. The van der Waals surface area contributed by atoms with Gasteiger partial charge in [0.05, 0.1) is 0 Å². The molecular formula is C14H21FN2O. The van der Waals surface area contributed by atoms with Crippen LogP contribution >= 0.6 is 0 Å². The molecule has 0 bridgehead atoms. The maximum absolute atomic E-state index is 13.0. The predicted molar refractivity (Wildman–Crippen MR) is 70.1 cm³/mol. The average molecular weight is 252 g/mol. The van der Waals surface area contributed by atoms with Gasteiger partial charge in [0.1, 0.15) is 18.2 Å². The Kier molecular flexibility index (Phi) is 4.96. The number of likely N-dealkylation sites (tertiary alicyclic amines) is 1. The fourth-order valence-electron chi connectivity index (χ4n) is 2.32. The lowest BCUT2D eigenvalue weighted by atomic mass is 10.1. The maximum atomic E-state index is 13.0. The number of hydrogen-bond donors (Lipinski definition) is 1. The molecule has 0 radical (unpaired) electrons. The van der Waals surface area contributed by atoms with Gasteiger partial charge in [-0.2, -0.15) is 0 Å². The van der Waals surface area contributed by atoms with Gasteiger partial charge in [-0.05, 0) is 44.1 Å². The van der Waals surface area contributed by atoms with E-state index < -0.39 is 0 Å². The molecule has 3 nitrogen and oxygen atoms in total. The third-order valence-electron chi connectivity index (χ3n) is 3.36. The lowest BCUT2D eigenvalue weighted by Crippen LogP contribution is -2.33. The van der Waals surface area contributed by atoms with Gasteiger partial charge in [0.15, 0.2) is 0 Å². The second kappa shape index (κ2) is 6.71. The van der Waals surface area contributed by atoms with Crippen LogP contribution in [-0.4, -0.2) is 31.1 Å². The van der Waals surface area contributed by atoms with Gasteiger partial charge in [-0.1, -0.05) is 6.42 Å². The number of nitrogens with zero attached hydrogens (tertiary/aromatic N) is 1. The van der Waals surface area contributed by atoms with Crippen LogP contribution in [0, 0.1) is 5.82 Å². The molecule has 2 N–H and O–H groups in total. The van der Waals surface area contributed by atoms with E-state index in [9.17, 15) is 4.39 Å². The molecule has 0 saturated carbocycles. The molecule has 1 aliphatic rings. The molecule has 0 aliphatic carbocycles. The molecule has 1 fully saturated rings. The summed E-state index contributed by atoms with van der Waals surface area (Å²) in [7, 11) is 0. The molecule has 1 saturated heterocycles. The average Bonchev–Trinajstić information content (AvgIpc) is 2.41. The zero-order valence-corrected chi connectivity index (χ0v) is 10.7. The fourth-order valence-corrected chi connectivity index (χ4v) is 2.32. The van der Waals surface area contributed by atoms with E-state index in [1.54, 1.807) is 6.07 Å². The minimum atomic E-state index is -0.265. The van der Waals surface area contributed by atoms with E-state index in [1.165, 1.54) is 31.4 Å². The van der Waals surface area contributed by atoms with Crippen LogP contribution in [0.25, 0.3) is 0 Å². The summed E-state index contributed by atoms with van der Waals surface area (Å²) in [5.41, 5.74) is 6.31. The highest BCUT2D eigenvalue weighted by atomic mass is 19.1. The van der Waals surface area contributed by atoms with E-state index in [2.05, 4.69) is 4.90 Å². The number of nitrogens with two attached hydrogens (primary N) is 1. The first-order valence-electron chi connectivity index (χ1n) is 6.63. The normalized spacial score (nSPS) is 16.8. The lowest BCUT2D eigenvalue weighted by molar-refractivity contribution is 0.182. The number of benzene rings is 1. The van der Waals surface area contributed by atoms with Gasteiger partial charge in [-0.15, -0.1) is 0 Å². The van der Waals surface area contributed by atoms with Crippen molar-refractivity contribution in [1.29, 1.82) is 0 Å². The van der Waals surface area contributed by atoms with Crippen LogP contribution in [0.1, 0.15) is 24.8 Å². The molecule has 4 heteroatoms. The zero-order chi connectivity index (χ0) is 12.8. The summed E-state index contributed by atoms with van der Waals surface area (Å²) in [6, 6.07) is 4.51. The van der Waals surface area contributed by atoms with Crippen LogP contribution in [0.4, 0.5) is 4.39 Å². The summed E-state index contributed by atoms with van der Waals surface area (Å²) < 4.78 is 18.7. The Morgan fingerprint density at radius 1 is 1.22 bits per heavy atom. The van der Waals surface area contributed by atoms with E-state index >= 15 is 0 Å². The molecule has 0 aromatic heterocycles. The van der Waals surface area contributed by atoms with Gasteiger partial charge in [-0.3, -0.25) is 4.90 Å². The first-order valence-corrected chi connectivity index (χ1v) is 6.63. The first kappa shape index (κ1) is 13.3. The van der Waals surface area contributed by atoms with Gasteiger partial charge in [0.25, 0.3) is 0 Å². The van der Waals surface area contributed by atoms with Crippen LogP contribution in [-0.2, 0) is 6.54 Å². The Balaban J connectivity index is 1.82. The number of hydrogen-bond acceptors (Lipinski definition) is 3. The van der Waals surface area contributed by atoms with Crippen LogP contribution in [0.3, 0.4) is 0 Å². The van der Waals surface area contributed by atoms with E-state index in [4.69, 9.17) is 10.5 Å². The van der Waals surface area contributed by atoms with Crippen LogP contribution < -0.4 is 10.5 Å². The molecular weight excluding hydrogens is 231 g/mol. The second-order valence-electron chi connectivity index (χ2n) is 4.71. The summed E-state index contributed by atoms with van der Waals surface area (Å²) >= 11 is 0. The van der Waals surface area contributed by atoms with Crippen molar-refractivity contribution >= 4 is 0 Å². The van der Waals surface area contributed by atoms with Crippen molar-refractivity contribution in [3.05, 3.63) is 29.6 Å². The number of rotatable bonds is 5. The van der Waals surface area contributed by atoms with Crippen molar-refractivity contribution < 1.29 is 9.13 Å². The zero-order valence-electron chi connectivity index (χ0n) is 10.7. The molecule has 1 aromatic rings. The number of ether oxygens (including phenoxy) is 1. The van der Waals surface area contributed by atoms with Gasteiger partial charge in [0.2, 0.25) is 0 Å². The highest BCUT2D eigenvalue weighted by molar-refractivity contribution is 5.33. The third-order valence-corrected chi connectivity index (χ3v) is 3.36. The Morgan fingerprint density at radius 3 is 2.72 bits per heavy atom. The quantitative estimate of drug-likeness (QED) is 0.872. The van der Waals surface area contributed by atoms with Crippen molar-refractivity contribution in [3.63, 3.8) is 0 Å². The highest BCUT2D eigenvalue weighted by Gasteiger charge is 2.10. The maximum Gasteiger partial charge on any atom is 0.124 e. The molecule has 2 rings (SSSR count). The van der Waals surface area contributed by atoms with E-state index in [0.29, 0.717) is 18.9 Å². The van der Waals surface area contributed by atoms with Gasteiger partial charge < -0.3 is 10.5 Å². The van der Waals surface area contributed by atoms with Crippen LogP contribution in [0.5, 0.6) is 5.75 Å². The van der Waals surface area contributed by atoms with Crippen molar-refractivity contribution in [3.8, 4) is 5.75 Å². The molecule has 18 heavy (non-hydrogen) atoms. The summed E-state index contributed by atoms with van der Waals surface area (Å²) in [5.74, 6) is 0.440. The molecule has 0 amide bonds. The summed E-state index contributed by atoms with van der Waals surface area (Å²) in [5, 5.41) is 0. The first-order chi connectivity index (χ1) is 8.79. The van der Waals surface area contributed by atoms with Gasteiger partial charge in [0, 0.05) is 18.7 Å². The molecule has 0 spiro atoms. The van der Waals surface area contributed by atoms with Gasteiger partial charge in [-0.25, -0.2) is 4.39 Å². The molecule has 1 aliphatic heterocycles. The smallest absolute Gasteiger partial charge is 0.124 e. The Morgan fingerprint density at radius 2 is 2.00 bits per heavy atom. The van der Waals surface area contributed by atoms with E-state index in [-0.39, 0.29) is 5.82 Å². The second-order valence-corrected chi connectivity index (χ2v) is 4.71. The van der Waals surface area contributed by atoms with Crippen molar-refractivity contribution in [2.75, 3.05) is 26.2 Å². The highest BCUT2D eigenvalue weighted by Crippen LogP contribution is 2.19. The van der Waals surface area contributed by atoms with Gasteiger partial charge >= 0.3 is 0 Å². The van der Waals surface area contributed by atoms with Crippen molar-refractivity contribution in [2.24, 2.45) is 5.73 Å². The minimum absolute atomic E-state index is 0.265. The Bertz CT molecular complexity index is 378. The number of halogens is 1. The summed E-state index contributed by atoms with van der Waals surface area (Å²) in [6.45, 7) is 4.20. The summed E-state index contributed by atoms with van der Waals surface area (Å²) in [6.07, 6.45) is 3.90. The third kappa shape index (κ3) is 3.68. The van der Waals surface area contributed by atoms with Crippen molar-refractivity contribution in [2.45, 2.75) is 25.8 Å². The predicted octanol–water partition coefficient (Wildman–Crippen LogP) is 2.15. The molecule has 0 atom stereocenters. The fraction of sp³-hybridized carbons (Fsp3) is 0.571. The molecule has 1 heterocycles. The standard InChI is InChI=1S/C14H21FN2O/c15-13-4-5-14(12(10-13)11-16)18-9-8-17-6-2-1-3-7-17/h4-5,10H,1-3,6-9,11,16H2. The molecule has 1 aromatic carbocycles. The minimum Gasteiger partial charge on any atom is -0.492 e. The number of piperidine rings is 1.